The smallest absolute Gasteiger partial charge is 0.322 e. The van der Waals surface area contributed by atoms with E-state index < -0.39 is 6.04 Å². The third kappa shape index (κ3) is 4.31. The van der Waals surface area contributed by atoms with Gasteiger partial charge >= 0.3 is 6.03 Å². The van der Waals surface area contributed by atoms with Crippen molar-refractivity contribution in [2.75, 3.05) is 6.26 Å². The van der Waals surface area contributed by atoms with Crippen LogP contribution in [0, 0.1) is 0 Å². The van der Waals surface area contributed by atoms with Crippen LogP contribution in [0.25, 0.3) is 16.3 Å². The Hall–Kier alpha value is -3.36. The van der Waals surface area contributed by atoms with Crippen molar-refractivity contribution in [3.05, 3.63) is 94.8 Å². The van der Waals surface area contributed by atoms with Crippen molar-refractivity contribution in [3.63, 3.8) is 0 Å². The first-order valence-corrected chi connectivity index (χ1v) is 12.6. The molecule has 1 unspecified atom stereocenters. The van der Waals surface area contributed by atoms with Crippen molar-refractivity contribution < 1.29 is 9.32 Å². The van der Waals surface area contributed by atoms with Gasteiger partial charge in [0.15, 0.2) is 0 Å². The van der Waals surface area contributed by atoms with E-state index in [1.165, 1.54) is 0 Å². The van der Waals surface area contributed by atoms with E-state index in [1.54, 1.807) is 28.0 Å². The number of amides is 2. The van der Waals surface area contributed by atoms with Crippen LogP contribution in [0.1, 0.15) is 30.0 Å². The number of urea groups is 1. The maximum Gasteiger partial charge on any atom is 0.322 e. The first-order valence-electron chi connectivity index (χ1n) is 10.5. The Labute approximate surface area is 200 Å². The number of hydrogen-bond acceptors (Lipinski definition) is 6. The van der Waals surface area contributed by atoms with Gasteiger partial charge in [-0.2, -0.15) is 4.98 Å². The summed E-state index contributed by atoms with van der Waals surface area (Å²) in [6.45, 7) is 2.39. The lowest BCUT2D eigenvalue weighted by molar-refractivity contribution is 0.203. The molecule has 166 valence electrons. The second-order valence-corrected chi connectivity index (χ2v) is 9.45. The maximum atomic E-state index is 13.2. The van der Waals surface area contributed by atoms with Gasteiger partial charge in [-0.1, -0.05) is 53.7 Å². The average molecular weight is 475 g/mol. The molecule has 1 atom stereocenters. The molecule has 0 fully saturated rings. The van der Waals surface area contributed by atoms with Gasteiger partial charge in [0, 0.05) is 10.6 Å². The van der Waals surface area contributed by atoms with Crippen LogP contribution in [-0.4, -0.2) is 27.3 Å². The highest BCUT2D eigenvalue weighted by molar-refractivity contribution is 7.98. The Morgan fingerprint density at radius 1 is 1.09 bits per heavy atom. The van der Waals surface area contributed by atoms with E-state index >= 15 is 0 Å². The van der Waals surface area contributed by atoms with Gasteiger partial charge in [0.25, 0.3) is 5.89 Å². The number of aromatic nitrogens is 2. The molecule has 2 aromatic heterocycles. The minimum absolute atomic E-state index is 0.156. The summed E-state index contributed by atoms with van der Waals surface area (Å²) in [5, 5.41) is 9.35. The molecule has 0 bridgehead atoms. The molecule has 4 aromatic rings. The summed E-state index contributed by atoms with van der Waals surface area (Å²) in [5.41, 5.74) is 3.60. The molecule has 1 aliphatic rings. The van der Waals surface area contributed by atoms with Crippen LogP contribution in [0.15, 0.2) is 87.2 Å². The second kappa shape index (κ2) is 9.25. The topological polar surface area (TPSA) is 71.3 Å². The summed E-state index contributed by atoms with van der Waals surface area (Å²) in [5.74, 6) is 0.955. The molecule has 0 spiro atoms. The van der Waals surface area contributed by atoms with E-state index in [0.29, 0.717) is 18.3 Å². The van der Waals surface area contributed by atoms with Crippen LogP contribution < -0.4 is 5.32 Å². The van der Waals surface area contributed by atoms with Crippen LogP contribution in [0.3, 0.4) is 0 Å². The van der Waals surface area contributed by atoms with Crippen molar-refractivity contribution in [3.8, 4) is 10.7 Å². The first-order chi connectivity index (χ1) is 16.1. The van der Waals surface area contributed by atoms with Crippen molar-refractivity contribution in [2.45, 2.75) is 24.4 Å². The van der Waals surface area contributed by atoms with Gasteiger partial charge in [0.1, 0.15) is 0 Å². The largest absolute Gasteiger partial charge is 0.334 e. The third-order valence-electron chi connectivity index (χ3n) is 5.63. The van der Waals surface area contributed by atoms with Gasteiger partial charge < -0.3 is 9.84 Å². The van der Waals surface area contributed by atoms with E-state index in [4.69, 9.17) is 9.51 Å². The van der Waals surface area contributed by atoms with Gasteiger partial charge in [-0.25, -0.2) is 4.79 Å². The maximum absolute atomic E-state index is 13.2. The van der Waals surface area contributed by atoms with Gasteiger partial charge in [-0.3, -0.25) is 4.90 Å². The summed E-state index contributed by atoms with van der Waals surface area (Å²) >= 11 is 3.24. The zero-order valence-electron chi connectivity index (χ0n) is 18.2. The third-order valence-corrected chi connectivity index (χ3v) is 7.24. The van der Waals surface area contributed by atoms with Crippen molar-refractivity contribution in [1.82, 2.24) is 20.4 Å². The lowest BCUT2D eigenvalue weighted by Crippen LogP contribution is -2.45. The van der Waals surface area contributed by atoms with Crippen LogP contribution >= 0.6 is 23.1 Å². The second-order valence-electron chi connectivity index (χ2n) is 7.63. The predicted molar refractivity (Wildman–Crippen MR) is 132 cm³/mol. The van der Waals surface area contributed by atoms with Crippen molar-refractivity contribution in [1.29, 1.82) is 0 Å². The van der Waals surface area contributed by atoms with E-state index in [2.05, 4.69) is 22.6 Å². The lowest BCUT2D eigenvalue weighted by Gasteiger charge is -2.35. The molecule has 8 heteroatoms. The summed E-state index contributed by atoms with van der Waals surface area (Å²) in [6, 6.07) is 21.5. The predicted octanol–water partition coefficient (Wildman–Crippen LogP) is 6.22. The molecule has 0 saturated carbocycles. The van der Waals surface area contributed by atoms with Crippen molar-refractivity contribution in [2.24, 2.45) is 0 Å². The fourth-order valence-corrected chi connectivity index (χ4v) is 4.96. The number of nitrogens with zero attached hydrogens (tertiary/aromatic N) is 3. The fraction of sp³-hybridized carbons (Fsp3) is 0.160. The molecule has 6 nitrogen and oxygen atoms in total. The highest BCUT2D eigenvalue weighted by Crippen LogP contribution is 2.38. The molecule has 0 saturated heterocycles. The number of carbonyl (C=O) groups excluding carboxylic acids is 1. The number of nitrogens with one attached hydrogen (secondary N) is 1. The normalized spacial score (nSPS) is 16.2. The van der Waals surface area contributed by atoms with E-state index in [-0.39, 0.29) is 6.03 Å². The van der Waals surface area contributed by atoms with Crippen molar-refractivity contribution >= 4 is 34.7 Å². The summed E-state index contributed by atoms with van der Waals surface area (Å²) in [7, 11) is 0. The molecule has 1 aliphatic heterocycles. The number of carbonyl (C=O) groups is 1. The SMILES string of the molecule is CSc1ccc(C2NC(=O)N(Cc3ccccc3)C(C)=C2c2nc(-c3cccs3)no2)cc1. The summed E-state index contributed by atoms with van der Waals surface area (Å²) in [4.78, 5) is 21.7. The standard InChI is InChI=1S/C25H22N4O2S2/c1-16-21(24-27-23(28-31-24)20-9-6-14-33-20)22(18-10-12-19(32-2)13-11-18)26-25(30)29(16)15-17-7-4-3-5-8-17/h3-14,22H,15H2,1-2H3,(H,26,30). The highest BCUT2D eigenvalue weighted by atomic mass is 32.2. The van der Waals surface area contributed by atoms with Gasteiger partial charge in [0.05, 0.1) is 23.0 Å². The Morgan fingerprint density at radius 2 is 1.88 bits per heavy atom. The van der Waals surface area contributed by atoms with Gasteiger partial charge in [-0.15, -0.1) is 23.1 Å². The zero-order valence-corrected chi connectivity index (χ0v) is 19.8. The Bertz CT molecular complexity index is 1280. The Balaban J connectivity index is 1.59. The minimum Gasteiger partial charge on any atom is -0.334 e. The molecule has 0 aliphatic carbocycles. The monoisotopic (exact) mass is 474 g/mol. The molecule has 0 radical (unpaired) electrons. The fourth-order valence-electron chi connectivity index (χ4n) is 3.90. The minimum atomic E-state index is -0.392. The number of allylic oxidation sites excluding steroid dienone is 1. The number of benzene rings is 2. The number of hydrogen-bond donors (Lipinski definition) is 1. The first kappa shape index (κ1) is 21.5. The zero-order chi connectivity index (χ0) is 22.8. The lowest BCUT2D eigenvalue weighted by atomic mass is 9.94. The Kier molecular flexibility index (Phi) is 6.02. The van der Waals surface area contributed by atoms with Crippen LogP contribution in [0.2, 0.25) is 0 Å². The summed E-state index contributed by atoms with van der Waals surface area (Å²) in [6.07, 6.45) is 2.04. The molecule has 1 N–H and O–H groups in total. The average Bonchev–Trinajstić information content (AvgIpc) is 3.54. The van der Waals surface area contributed by atoms with Gasteiger partial charge in [-0.05, 0) is 47.9 Å². The molecule has 3 heterocycles. The Morgan fingerprint density at radius 3 is 2.58 bits per heavy atom. The van der Waals surface area contributed by atoms with E-state index in [0.717, 1.165) is 32.2 Å². The van der Waals surface area contributed by atoms with E-state index in [9.17, 15) is 4.79 Å². The summed E-state index contributed by atoms with van der Waals surface area (Å²) < 4.78 is 5.73. The van der Waals surface area contributed by atoms with Crippen LogP contribution in [0.4, 0.5) is 4.79 Å². The molecule has 33 heavy (non-hydrogen) atoms. The van der Waals surface area contributed by atoms with Gasteiger partial charge in [0.2, 0.25) is 5.82 Å². The molecular formula is C25H22N4O2S2. The molecular weight excluding hydrogens is 452 g/mol. The van der Waals surface area contributed by atoms with Crippen LogP contribution in [0.5, 0.6) is 0 Å². The van der Waals surface area contributed by atoms with Crippen LogP contribution in [-0.2, 0) is 6.54 Å². The molecule has 2 amide bonds. The number of rotatable bonds is 6. The highest BCUT2D eigenvalue weighted by Gasteiger charge is 2.35. The molecule has 5 rings (SSSR count). The van der Waals surface area contributed by atoms with E-state index in [1.807, 2.05) is 73.2 Å². The number of thioether (sulfide) groups is 1. The number of thiophene rings is 1. The molecule has 2 aromatic carbocycles. The quantitative estimate of drug-likeness (QED) is 0.336.